The number of hydrogen-bond acceptors (Lipinski definition) is 4. The monoisotopic (exact) mass is 232 g/mol. The predicted octanol–water partition coefficient (Wildman–Crippen LogP) is -0.143. The van der Waals surface area contributed by atoms with Crippen molar-refractivity contribution in [3.63, 3.8) is 0 Å². The van der Waals surface area contributed by atoms with Gasteiger partial charge >= 0.3 is 0 Å². The third-order valence-corrected chi connectivity index (χ3v) is 4.43. The van der Waals surface area contributed by atoms with Crippen LogP contribution in [0, 0.1) is 0 Å². The van der Waals surface area contributed by atoms with Crippen molar-refractivity contribution >= 4 is 9.84 Å². The van der Waals surface area contributed by atoms with E-state index < -0.39 is 9.84 Å². The van der Waals surface area contributed by atoms with E-state index in [1.165, 1.54) is 38.6 Å². The third-order valence-electron chi connectivity index (χ3n) is 3.49. The van der Waals surface area contributed by atoms with Gasteiger partial charge in [-0.3, -0.25) is 4.90 Å². The molecule has 0 radical (unpaired) electrons. The molecule has 2 rings (SSSR count). The molecule has 2 heterocycles. The summed E-state index contributed by atoms with van der Waals surface area (Å²) in [5.74, 6) is 0.260. The molecule has 2 aliphatic rings. The minimum absolute atomic E-state index is 0.260. The molecule has 2 fully saturated rings. The van der Waals surface area contributed by atoms with Crippen LogP contribution in [0.5, 0.6) is 0 Å². The number of fused-ring (bicyclic) bond motifs is 1. The first-order chi connectivity index (χ1) is 7.06. The van der Waals surface area contributed by atoms with E-state index in [1.807, 2.05) is 0 Å². The highest BCUT2D eigenvalue weighted by Crippen LogP contribution is 2.27. The molecule has 0 saturated carbocycles. The normalized spacial score (nSPS) is 32.1. The summed E-state index contributed by atoms with van der Waals surface area (Å²) < 4.78 is 22.0. The summed E-state index contributed by atoms with van der Waals surface area (Å²) in [5, 5.41) is 3.39. The molecule has 0 bridgehead atoms. The second-order valence-corrected chi connectivity index (χ2v) is 6.98. The first kappa shape index (κ1) is 11.4. The Kier molecular flexibility index (Phi) is 3.33. The van der Waals surface area contributed by atoms with E-state index in [1.54, 1.807) is 0 Å². The van der Waals surface area contributed by atoms with Crippen molar-refractivity contribution in [3.05, 3.63) is 0 Å². The molecule has 0 aromatic rings. The summed E-state index contributed by atoms with van der Waals surface area (Å²) in [6.07, 6.45) is 5.05. The van der Waals surface area contributed by atoms with E-state index in [0.717, 1.165) is 0 Å². The number of sulfone groups is 1. The fourth-order valence-electron chi connectivity index (χ4n) is 2.75. The third kappa shape index (κ3) is 2.92. The average molecular weight is 232 g/mol. The van der Waals surface area contributed by atoms with Crippen LogP contribution >= 0.6 is 0 Å². The molecule has 0 aromatic heterocycles. The van der Waals surface area contributed by atoms with Gasteiger partial charge in [0.15, 0.2) is 0 Å². The van der Waals surface area contributed by atoms with Gasteiger partial charge in [0, 0.05) is 31.4 Å². The van der Waals surface area contributed by atoms with Gasteiger partial charge in [-0.25, -0.2) is 8.42 Å². The molecule has 0 aliphatic carbocycles. The maximum absolute atomic E-state index is 11.0. The molecule has 1 N–H and O–H groups in total. The van der Waals surface area contributed by atoms with Crippen molar-refractivity contribution in [2.75, 3.05) is 31.6 Å². The van der Waals surface area contributed by atoms with E-state index >= 15 is 0 Å². The molecule has 2 atom stereocenters. The molecule has 2 saturated heterocycles. The van der Waals surface area contributed by atoms with E-state index in [2.05, 4.69) is 10.2 Å². The van der Waals surface area contributed by atoms with E-state index in [4.69, 9.17) is 0 Å². The van der Waals surface area contributed by atoms with Crippen molar-refractivity contribution in [3.8, 4) is 0 Å². The molecule has 4 nitrogen and oxygen atoms in total. The molecule has 2 aliphatic heterocycles. The van der Waals surface area contributed by atoms with Crippen LogP contribution < -0.4 is 5.32 Å². The summed E-state index contributed by atoms with van der Waals surface area (Å²) in [6.45, 7) is 3.02. The lowest BCUT2D eigenvalue weighted by Crippen LogP contribution is -2.40. The van der Waals surface area contributed by atoms with Crippen LogP contribution in [0.25, 0.3) is 0 Å². The van der Waals surface area contributed by atoms with E-state index in [0.29, 0.717) is 18.6 Å². The SMILES string of the molecule is CS(=O)(=O)CCNC1CCN2CCCC12. The zero-order chi connectivity index (χ0) is 10.9. The molecule has 0 amide bonds. The first-order valence-electron chi connectivity index (χ1n) is 5.71. The fraction of sp³-hybridized carbons (Fsp3) is 1.00. The van der Waals surface area contributed by atoms with Crippen molar-refractivity contribution in [1.82, 2.24) is 10.2 Å². The number of rotatable bonds is 4. The van der Waals surface area contributed by atoms with Crippen LogP contribution in [0.15, 0.2) is 0 Å². The lowest BCUT2D eigenvalue weighted by atomic mass is 10.1. The summed E-state index contributed by atoms with van der Waals surface area (Å²) in [7, 11) is -2.81. The Balaban J connectivity index is 1.76. The van der Waals surface area contributed by atoms with Crippen molar-refractivity contribution in [2.24, 2.45) is 0 Å². The van der Waals surface area contributed by atoms with Crippen molar-refractivity contribution < 1.29 is 8.42 Å². The van der Waals surface area contributed by atoms with Gasteiger partial charge in [-0.15, -0.1) is 0 Å². The van der Waals surface area contributed by atoms with Gasteiger partial charge in [-0.1, -0.05) is 0 Å². The van der Waals surface area contributed by atoms with Crippen LogP contribution in [0.4, 0.5) is 0 Å². The molecule has 88 valence electrons. The summed E-state index contributed by atoms with van der Waals surface area (Å²) in [4.78, 5) is 2.53. The molecule has 0 spiro atoms. The molecule has 0 aromatic carbocycles. The van der Waals surface area contributed by atoms with Crippen LogP contribution in [-0.4, -0.2) is 57.0 Å². The lowest BCUT2D eigenvalue weighted by molar-refractivity contribution is 0.300. The number of nitrogens with one attached hydrogen (secondary N) is 1. The molecule has 5 heteroatoms. The van der Waals surface area contributed by atoms with Crippen LogP contribution in [-0.2, 0) is 9.84 Å². The molecular weight excluding hydrogens is 212 g/mol. The van der Waals surface area contributed by atoms with Crippen molar-refractivity contribution in [1.29, 1.82) is 0 Å². The van der Waals surface area contributed by atoms with Crippen LogP contribution in [0.2, 0.25) is 0 Å². The zero-order valence-electron chi connectivity index (χ0n) is 9.28. The maximum atomic E-state index is 11.0. The van der Waals surface area contributed by atoms with Gasteiger partial charge in [0.25, 0.3) is 0 Å². The highest BCUT2D eigenvalue weighted by atomic mass is 32.2. The minimum atomic E-state index is -2.81. The first-order valence-corrected chi connectivity index (χ1v) is 7.77. The van der Waals surface area contributed by atoms with Crippen LogP contribution in [0.1, 0.15) is 19.3 Å². The summed E-state index contributed by atoms with van der Waals surface area (Å²) in [5.41, 5.74) is 0. The van der Waals surface area contributed by atoms with Crippen molar-refractivity contribution in [2.45, 2.75) is 31.3 Å². The van der Waals surface area contributed by atoms with Gasteiger partial charge in [-0.2, -0.15) is 0 Å². The standard InChI is InChI=1S/C10H20N2O2S/c1-15(13,14)8-5-11-9-4-7-12-6-2-3-10(9)12/h9-11H,2-8H2,1H3. The molecular formula is C10H20N2O2S. The number of hydrogen-bond donors (Lipinski definition) is 1. The number of nitrogens with zero attached hydrogens (tertiary/aromatic N) is 1. The zero-order valence-corrected chi connectivity index (χ0v) is 10.1. The highest BCUT2D eigenvalue weighted by molar-refractivity contribution is 7.90. The Morgan fingerprint density at radius 1 is 1.33 bits per heavy atom. The average Bonchev–Trinajstić information content (AvgIpc) is 2.66. The fourth-order valence-corrected chi connectivity index (χ4v) is 3.24. The summed E-state index contributed by atoms with van der Waals surface area (Å²) >= 11 is 0. The highest BCUT2D eigenvalue weighted by Gasteiger charge is 2.36. The Labute approximate surface area is 91.9 Å². The second kappa shape index (κ2) is 4.39. The Bertz CT molecular complexity index is 315. The van der Waals surface area contributed by atoms with Gasteiger partial charge in [0.05, 0.1) is 5.75 Å². The van der Waals surface area contributed by atoms with Crippen LogP contribution in [0.3, 0.4) is 0 Å². The lowest BCUT2D eigenvalue weighted by Gasteiger charge is -2.21. The van der Waals surface area contributed by atoms with Gasteiger partial charge in [0.2, 0.25) is 0 Å². The van der Waals surface area contributed by atoms with E-state index in [-0.39, 0.29) is 5.75 Å². The second-order valence-electron chi connectivity index (χ2n) is 4.72. The molecule has 15 heavy (non-hydrogen) atoms. The Morgan fingerprint density at radius 3 is 2.87 bits per heavy atom. The van der Waals surface area contributed by atoms with E-state index in [9.17, 15) is 8.42 Å². The minimum Gasteiger partial charge on any atom is -0.311 e. The van der Waals surface area contributed by atoms with Gasteiger partial charge < -0.3 is 5.32 Å². The molecule has 2 unspecified atom stereocenters. The smallest absolute Gasteiger partial charge is 0.148 e. The Morgan fingerprint density at radius 2 is 2.13 bits per heavy atom. The Hall–Kier alpha value is -0.130. The quantitative estimate of drug-likeness (QED) is 0.733. The maximum Gasteiger partial charge on any atom is 0.148 e. The van der Waals surface area contributed by atoms with Gasteiger partial charge in [-0.05, 0) is 25.8 Å². The predicted molar refractivity (Wildman–Crippen MR) is 60.7 cm³/mol. The topological polar surface area (TPSA) is 49.4 Å². The van der Waals surface area contributed by atoms with Gasteiger partial charge in [0.1, 0.15) is 9.84 Å². The summed E-state index contributed by atoms with van der Waals surface area (Å²) in [6, 6.07) is 1.19. The largest absolute Gasteiger partial charge is 0.311 e.